The van der Waals surface area contributed by atoms with Crippen LogP contribution in [-0.4, -0.2) is 36.0 Å². The lowest BCUT2D eigenvalue weighted by Gasteiger charge is -2.48. The molecule has 3 saturated carbocycles. The summed E-state index contributed by atoms with van der Waals surface area (Å²) < 4.78 is 18.5. The SMILES string of the molecule is C[C@]12CC=C3C(CC[C@@]45CC6(CCC34O5)OCCO6)C1CCC2=O. The first kappa shape index (κ1) is 14.5. The minimum absolute atomic E-state index is 0.0473. The number of Topliss-reactive ketones (excluding diaryl/α,β-unsaturated/α-hetero) is 1. The molecule has 0 N–H and O–H groups in total. The summed E-state index contributed by atoms with van der Waals surface area (Å²) in [5.74, 6) is 1.21. The molecular weight excluding hydrogens is 304 g/mol. The van der Waals surface area contributed by atoms with Crippen molar-refractivity contribution in [2.75, 3.05) is 13.2 Å². The second-order valence-corrected chi connectivity index (χ2v) is 9.20. The van der Waals surface area contributed by atoms with E-state index in [0.717, 1.165) is 64.6 Å². The fourth-order valence-corrected chi connectivity index (χ4v) is 7.11. The van der Waals surface area contributed by atoms with Crippen LogP contribution in [0.5, 0.6) is 0 Å². The Morgan fingerprint density at radius 3 is 2.79 bits per heavy atom. The lowest BCUT2D eigenvalue weighted by Crippen LogP contribution is -2.51. The molecule has 6 rings (SSSR count). The van der Waals surface area contributed by atoms with Crippen LogP contribution < -0.4 is 0 Å². The van der Waals surface area contributed by atoms with Crippen molar-refractivity contribution in [1.82, 2.24) is 0 Å². The Labute approximate surface area is 142 Å². The fourth-order valence-electron chi connectivity index (χ4n) is 7.11. The van der Waals surface area contributed by atoms with Gasteiger partial charge in [0.25, 0.3) is 0 Å². The predicted octanol–water partition coefficient (Wildman–Crippen LogP) is 3.15. The lowest BCUT2D eigenvalue weighted by molar-refractivity contribution is -0.185. The maximum Gasteiger partial charge on any atom is 0.171 e. The molecule has 6 aliphatic rings. The zero-order chi connectivity index (χ0) is 16.2. The first-order valence-electron chi connectivity index (χ1n) is 9.75. The maximum absolute atomic E-state index is 12.5. The summed E-state index contributed by atoms with van der Waals surface area (Å²) in [6.45, 7) is 3.65. The second kappa shape index (κ2) is 4.16. The van der Waals surface area contributed by atoms with Crippen LogP contribution in [0.25, 0.3) is 0 Å². The first-order valence-corrected chi connectivity index (χ1v) is 9.75. The third-order valence-electron chi connectivity index (χ3n) is 8.38. The van der Waals surface area contributed by atoms with E-state index in [2.05, 4.69) is 13.0 Å². The van der Waals surface area contributed by atoms with E-state index in [1.165, 1.54) is 0 Å². The minimum atomic E-state index is -0.375. The van der Waals surface area contributed by atoms with E-state index in [1.54, 1.807) is 5.57 Å². The second-order valence-electron chi connectivity index (χ2n) is 9.20. The molecule has 4 heteroatoms. The summed E-state index contributed by atoms with van der Waals surface area (Å²) in [6.07, 6.45) is 10.3. The van der Waals surface area contributed by atoms with Gasteiger partial charge < -0.3 is 14.2 Å². The number of fused-ring (bicyclic) bond motifs is 3. The molecule has 5 fully saturated rings. The summed E-state index contributed by atoms with van der Waals surface area (Å²) in [6, 6.07) is 0. The summed E-state index contributed by atoms with van der Waals surface area (Å²) >= 11 is 0. The average molecular weight is 330 g/mol. The van der Waals surface area contributed by atoms with E-state index in [-0.39, 0.29) is 22.4 Å². The number of hydrogen-bond donors (Lipinski definition) is 0. The highest BCUT2D eigenvalue weighted by Crippen LogP contribution is 2.73. The smallest absolute Gasteiger partial charge is 0.171 e. The van der Waals surface area contributed by atoms with Crippen LogP contribution in [0, 0.1) is 17.3 Å². The minimum Gasteiger partial charge on any atom is -0.358 e. The van der Waals surface area contributed by atoms with Crippen LogP contribution in [0.1, 0.15) is 58.3 Å². The number of rotatable bonds is 0. The molecule has 0 aromatic carbocycles. The van der Waals surface area contributed by atoms with Gasteiger partial charge in [-0.3, -0.25) is 4.79 Å². The van der Waals surface area contributed by atoms with E-state index >= 15 is 0 Å². The van der Waals surface area contributed by atoms with Gasteiger partial charge in [0.2, 0.25) is 0 Å². The van der Waals surface area contributed by atoms with Gasteiger partial charge in [-0.15, -0.1) is 0 Å². The van der Waals surface area contributed by atoms with Crippen molar-refractivity contribution >= 4 is 5.78 Å². The van der Waals surface area contributed by atoms with Crippen molar-refractivity contribution in [3.63, 3.8) is 0 Å². The number of epoxide rings is 1. The van der Waals surface area contributed by atoms with E-state index in [9.17, 15) is 4.79 Å². The molecule has 3 unspecified atom stereocenters. The Bertz CT molecular complexity index is 663. The highest BCUT2D eigenvalue weighted by Gasteiger charge is 2.79. The van der Waals surface area contributed by atoms with Crippen molar-refractivity contribution in [3.05, 3.63) is 11.6 Å². The van der Waals surface area contributed by atoms with Crippen LogP contribution in [0.3, 0.4) is 0 Å². The molecule has 0 aromatic rings. The summed E-state index contributed by atoms with van der Waals surface area (Å²) in [4.78, 5) is 12.5. The number of allylic oxidation sites excluding steroid dienone is 1. The van der Waals surface area contributed by atoms with Crippen molar-refractivity contribution in [2.24, 2.45) is 17.3 Å². The van der Waals surface area contributed by atoms with Crippen molar-refractivity contribution in [1.29, 1.82) is 0 Å². The third kappa shape index (κ3) is 1.47. The molecule has 0 aromatic heterocycles. The van der Waals surface area contributed by atoms with Gasteiger partial charge in [-0.05, 0) is 49.5 Å². The normalized spacial score (nSPS) is 53.9. The van der Waals surface area contributed by atoms with Crippen LogP contribution in [0.4, 0.5) is 0 Å². The third-order valence-corrected chi connectivity index (χ3v) is 8.38. The quantitative estimate of drug-likeness (QED) is 0.506. The fraction of sp³-hybridized carbons (Fsp3) is 0.850. The van der Waals surface area contributed by atoms with E-state index in [0.29, 0.717) is 17.6 Å². The average Bonchev–Trinajstić information content (AvgIpc) is 2.88. The Kier molecular flexibility index (Phi) is 2.51. The zero-order valence-electron chi connectivity index (χ0n) is 14.4. The van der Waals surface area contributed by atoms with Gasteiger partial charge in [0.1, 0.15) is 17.0 Å². The van der Waals surface area contributed by atoms with Gasteiger partial charge in [-0.25, -0.2) is 0 Å². The summed E-state index contributed by atoms with van der Waals surface area (Å²) in [7, 11) is 0. The van der Waals surface area contributed by atoms with Crippen LogP contribution in [0.15, 0.2) is 11.6 Å². The summed E-state index contributed by atoms with van der Waals surface area (Å²) in [5.41, 5.74) is 1.34. The monoisotopic (exact) mass is 330 g/mol. The molecule has 0 radical (unpaired) electrons. The highest BCUT2D eigenvalue weighted by molar-refractivity contribution is 5.87. The standard InChI is InChI=1S/C20H26O4/c1-17-6-5-15-13(14(17)2-3-16(17)21)4-7-18-12-19(22-10-11-23-19)8-9-20(15,18)24-18/h5,13-14H,2-4,6-12H2,1H3/t13?,14?,17-,18+,20?/m0/s1. The first-order chi connectivity index (χ1) is 11.5. The van der Waals surface area contributed by atoms with Gasteiger partial charge in [0.15, 0.2) is 5.79 Å². The van der Waals surface area contributed by atoms with Crippen LogP contribution in [0.2, 0.25) is 0 Å². The molecule has 2 heterocycles. The Balaban J connectivity index is 1.37. The largest absolute Gasteiger partial charge is 0.358 e. The Morgan fingerprint density at radius 2 is 1.96 bits per heavy atom. The van der Waals surface area contributed by atoms with Gasteiger partial charge >= 0.3 is 0 Å². The van der Waals surface area contributed by atoms with Crippen LogP contribution >= 0.6 is 0 Å². The van der Waals surface area contributed by atoms with Gasteiger partial charge in [-0.2, -0.15) is 0 Å². The van der Waals surface area contributed by atoms with E-state index < -0.39 is 0 Å². The predicted molar refractivity (Wildman–Crippen MR) is 86.3 cm³/mol. The zero-order valence-corrected chi connectivity index (χ0v) is 14.4. The van der Waals surface area contributed by atoms with Gasteiger partial charge in [0.05, 0.1) is 13.2 Å². The van der Waals surface area contributed by atoms with Crippen molar-refractivity contribution < 1.29 is 19.0 Å². The molecule has 0 bridgehead atoms. The maximum atomic E-state index is 12.5. The van der Waals surface area contributed by atoms with Crippen LogP contribution in [-0.2, 0) is 19.0 Å². The van der Waals surface area contributed by atoms with Crippen molar-refractivity contribution in [3.8, 4) is 0 Å². The van der Waals surface area contributed by atoms with Crippen molar-refractivity contribution in [2.45, 2.75) is 75.3 Å². The molecule has 0 amide bonds. The molecule has 2 aliphatic heterocycles. The number of carbonyl (C=O) groups is 1. The molecule has 5 atom stereocenters. The Morgan fingerprint density at radius 1 is 1.12 bits per heavy atom. The summed E-state index contributed by atoms with van der Waals surface area (Å²) in [5, 5.41) is 0. The Hall–Kier alpha value is -0.710. The topological polar surface area (TPSA) is 48.1 Å². The van der Waals surface area contributed by atoms with Gasteiger partial charge in [0, 0.05) is 24.7 Å². The van der Waals surface area contributed by atoms with E-state index in [1.807, 2.05) is 0 Å². The molecular formula is C20H26O4. The molecule has 130 valence electrons. The number of hydrogen-bond acceptors (Lipinski definition) is 4. The number of ketones is 1. The number of carbonyl (C=O) groups excluding carboxylic acids is 1. The van der Waals surface area contributed by atoms with Gasteiger partial charge in [-0.1, -0.05) is 13.0 Å². The molecule has 4 nitrogen and oxygen atoms in total. The molecule has 24 heavy (non-hydrogen) atoms. The highest BCUT2D eigenvalue weighted by atomic mass is 16.7. The van der Waals surface area contributed by atoms with E-state index in [4.69, 9.17) is 14.2 Å². The number of ether oxygens (including phenoxy) is 3. The molecule has 2 saturated heterocycles. The molecule has 1 spiro atoms. The lowest BCUT2D eigenvalue weighted by atomic mass is 9.54. The molecule has 4 aliphatic carbocycles.